The molecule has 0 radical (unpaired) electrons. The molecule has 1 N–H and O–H groups in total. The fourth-order valence-electron chi connectivity index (χ4n) is 2.47. The Bertz CT molecular complexity index is 432. The average Bonchev–Trinajstić information content (AvgIpc) is 2.92. The van der Waals surface area contributed by atoms with Crippen molar-refractivity contribution in [2.75, 3.05) is 34.8 Å². The van der Waals surface area contributed by atoms with Gasteiger partial charge in [0.1, 0.15) is 0 Å². The van der Waals surface area contributed by atoms with Crippen molar-refractivity contribution in [1.29, 1.82) is 0 Å². The molecule has 3 heterocycles. The van der Waals surface area contributed by atoms with Gasteiger partial charge in [0.2, 0.25) is 17.2 Å². The van der Waals surface area contributed by atoms with E-state index in [1.54, 1.807) is 0 Å². The first-order valence-electron chi connectivity index (χ1n) is 6.82. The van der Waals surface area contributed by atoms with Crippen LogP contribution in [0.2, 0.25) is 5.28 Å². The number of nitrogens with zero attached hydrogens (tertiary/aromatic N) is 4. The maximum atomic E-state index is 6.02. The summed E-state index contributed by atoms with van der Waals surface area (Å²) in [7, 11) is 0. The van der Waals surface area contributed by atoms with E-state index in [1.165, 1.54) is 25.0 Å². The van der Waals surface area contributed by atoms with E-state index in [0.29, 0.717) is 17.9 Å². The highest BCUT2D eigenvalue weighted by atomic mass is 35.5. The van der Waals surface area contributed by atoms with E-state index in [4.69, 9.17) is 11.6 Å². The lowest BCUT2D eigenvalue weighted by Crippen LogP contribution is -2.31. The fraction of sp³-hybridized carbons (Fsp3) is 0.750. The molecule has 0 amide bonds. The number of nitrogens with one attached hydrogen (secondary N) is 1. The molecule has 2 aliphatic rings. The minimum absolute atomic E-state index is 0.281. The third-order valence-corrected chi connectivity index (χ3v) is 4.83. The van der Waals surface area contributed by atoms with Crippen LogP contribution in [0.15, 0.2) is 0 Å². The lowest BCUT2D eigenvalue weighted by atomic mass is 10.1. The quantitative estimate of drug-likeness (QED) is 0.925. The van der Waals surface area contributed by atoms with E-state index in [9.17, 15) is 0 Å². The normalized spacial score (nSPS) is 23.6. The monoisotopic (exact) mass is 299 g/mol. The molecular weight excluding hydrogens is 282 g/mol. The maximum Gasteiger partial charge on any atom is 0.231 e. The lowest BCUT2D eigenvalue weighted by molar-refractivity contribution is 0.567. The molecule has 0 aromatic carbocycles. The van der Waals surface area contributed by atoms with Crippen LogP contribution >= 0.6 is 23.4 Å². The topological polar surface area (TPSA) is 53.9 Å². The van der Waals surface area contributed by atoms with Crippen LogP contribution < -0.4 is 10.2 Å². The van der Waals surface area contributed by atoms with Gasteiger partial charge in [-0.15, -0.1) is 0 Å². The molecule has 3 rings (SSSR count). The molecule has 2 saturated heterocycles. The molecule has 1 unspecified atom stereocenters. The maximum absolute atomic E-state index is 6.02. The highest BCUT2D eigenvalue weighted by molar-refractivity contribution is 7.99. The summed E-state index contributed by atoms with van der Waals surface area (Å²) >= 11 is 7.98. The highest BCUT2D eigenvalue weighted by Crippen LogP contribution is 2.22. The van der Waals surface area contributed by atoms with E-state index in [2.05, 4.69) is 25.2 Å². The van der Waals surface area contributed by atoms with Crippen LogP contribution in [0, 0.1) is 0 Å². The van der Waals surface area contributed by atoms with Gasteiger partial charge in [-0.1, -0.05) is 0 Å². The molecule has 5 nitrogen and oxygen atoms in total. The van der Waals surface area contributed by atoms with Crippen molar-refractivity contribution in [2.24, 2.45) is 0 Å². The molecule has 0 bridgehead atoms. The molecule has 1 aromatic heterocycles. The third kappa shape index (κ3) is 3.42. The number of hydrogen-bond donors (Lipinski definition) is 1. The molecule has 2 fully saturated rings. The minimum atomic E-state index is 0.281. The standard InChI is InChI=1S/C12H18ClN5S/c13-10-15-11(14-9-4-7-19-8-9)17-12(16-10)18-5-2-1-3-6-18/h9H,1-8H2,(H,14,15,16,17). The molecule has 2 aliphatic heterocycles. The smallest absolute Gasteiger partial charge is 0.231 e. The van der Waals surface area contributed by atoms with Crippen LogP contribution in [-0.2, 0) is 0 Å². The number of aromatic nitrogens is 3. The van der Waals surface area contributed by atoms with Gasteiger partial charge < -0.3 is 10.2 Å². The Balaban J connectivity index is 1.74. The van der Waals surface area contributed by atoms with Gasteiger partial charge in [-0.3, -0.25) is 0 Å². The van der Waals surface area contributed by atoms with Crippen molar-refractivity contribution in [3.8, 4) is 0 Å². The van der Waals surface area contributed by atoms with Crippen molar-refractivity contribution in [2.45, 2.75) is 31.7 Å². The Morgan fingerprint density at radius 3 is 2.74 bits per heavy atom. The van der Waals surface area contributed by atoms with E-state index in [1.807, 2.05) is 11.8 Å². The summed E-state index contributed by atoms with van der Waals surface area (Å²) < 4.78 is 0. The number of anilines is 2. The fourth-order valence-corrected chi connectivity index (χ4v) is 3.78. The summed E-state index contributed by atoms with van der Waals surface area (Å²) in [4.78, 5) is 15.2. The van der Waals surface area contributed by atoms with Crippen LogP contribution in [0.4, 0.5) is 11.9 Å². The van der Waals surface area contributed by atoms with Gasteiger partial charge in [-0.05, 0) is 43.0 Å². The first-order chi connectivity index (χ1) is 9.31. The summed E-state index contributed by atoms with van der Waals surface area (Å²) in [5, 5.41) is 3.65. The van der Waals surface area contributed by atoms with Crippen molar-refractivity contribution in [3.05, 3.63) is 5.28 Å². The van der Waals surface area contributed by atoms with Crippen LogP contribution in [0.5, 0.6) is 0 Å². The largest absolute Gasteiger partial charge is 0.350 e. The first kappa shape index (κ1) is 13.2. The number of halogens is 1. The zero-order chi connectivity index (χ0) is 13.1. The van der Waals surface area contributed by atoms with Gasteiger partial charge in [-0.2, -0.15) is 26.7 Å². The molecule has 7 heteroatoms. The van der Waals surface area contributed by atoms with Crippen molar-refractivity contribution in [3.63, 3.8) is 0 Å². The van der Waals surface area contributed by atoms with Gasteiger partial charge in [0.05, 0.1) is 0 Å². The van der Waals surface area contributed by atoms with Crippen LogP contribution in [0.25, 0.3) is 0 Å². The highest BCUT2D eigenvalue weighted by Gasteiger charge is 2.19. The van der Waals surface area contributed by atoms with Crippen molar-refractivity contribution in [1.82, 2.24) is 15.0 Å². The average molecular weight is 300 g/mol. The Kier molecular flexibility index (Phi) is 4.28. The Morgan fingerprint density at radius 2 is 2.00 bits per heavy atom. The molecule has 104 valence electrons. The molecule has 1 aromatic rings. The first-order valence-corrected chi connectivity index (χ1v) is 8.35. The Morgan fingerprint density at radius 1 is 1.16 bits per heavy atom. The zero-order valence-electron chi connectivity index (χ0n) is 10.8. The van der Waals surface area contributed by atoms with E-state index in [-0.39, 0.29) is 5.28 Å². The van der Waals surface area contributed by atoms with E-state index in [0.717, 1.165) is 25.3 Å². The molecule has 1 atom stereocenters. The lowest BCUT2D eigenvalue weighted by Gasteiger charge is -2.26. The summed E-state index contributed by atoms with van der Waals surface area (Å²) in [6, 6.07) is 0.456. The van der Waals surface area contributed by atoms with Crippen molar-refractivity contribution >= 4 is 35.3 Å². The van der Waals surface area contributed by atoms with Crippen LogP contribution in [0.1, 0.15) is 25.7 Å². The predicted octanol–water partition coefficient (Wildman–Crippen LogP) is 2.43. The summed E-state index contributed by atoms with van der Waals surface area (Å²) in [6.45, 7) is 2.03. The molecule has 0 aliphatic carbocycles. The summed E-state index contributed by atoms with van der Waals surface area (Å²) in [5.41, 5.74) is 0. The van der Waals surface area contributed by atoms with Gasteiger partial charge in [0.25, 0.3) is 0 Å². The minimum Gasteiger partial charge on any atom is -0.350 e. The molecule has 0 saturated carbocycles. The Labute approximate surface area is 122 Å². The SMILES string of the molecule is Clc1nc(NC2CCSC2)nc(N2CCCCC2)n1. The second-order valence-corrected chi connectivity index (χ2v) is 6.47. The van der Waals surface area contributed by atoms with E-state index < -0.39 is 0 Å². The Hall–Kier alpha value is -0.750. The van der Waals surface area contributed by atoms with Crippen molar-refractivity contribution < 1.29 is 0 Å². The van der Waals surface area contributed by atoms with Crippen LogP contribution in [-0.4, -0.2) is 45.6 Å². The zero-order valence-corrected chi connectivity index (χ0v) is 12.4. The van der Waals surface area contributed by atoms with Gasteiger partial charge >= 0.3 is 0 Å². The summed E-state index contributed by atoms with van der Waals surface area (Å²) in [6.07, 6.45) is 4.85. The molecular formula is C12H18ClN5S. The van der Waals surface area contributed by atoms with Gasteiger partial charge in [-0.25, -0.2) is 0 Å². The molecule has 0 spiro atoms. The number of hydrogen-bond acceptors (Lipinski definition) is 6. The number of piperidine rings is 1. The van der Waals surface area contributed by atoms with E-state index >= 15 is 0 Å². The molecule has 19 heavy (non-hydrogen) atoms. The third-order valence-electron chi connectivity index (χ3n) is 3.50. The number of rotatable bonds is 3. The number of thioether (sulfide) groups is 1. The second-order valence-electron chi connectivity index (χ2n) is 4.98. The van der Waals surface area contributed by atoms with Gasteiger partial charge in [0.15, 0.2) is 0 Å². The van der Waals surface area contributed by atoms with Gasteiger partial charge in [0, 0.05) is 24.9 Å². The summed E-state index contributed by atoms with van der Waals surface area (Å²) in [5.74, 6) is 3.65. The van der Waals surface area contributed by atoms with Crippen LogP contribution in [0.3, 0.4) is 0 Å². The predicted molar refractivity (Wildman–Crippen MR) is 80.3 cm³/mol. The second kappa shape index (κ2) is 6.13.